The summed E-state index contributed by atoms with van der Waals surface area (Å²) in [4.78, 5) is 2.93. The van der Waals surface area contributed by atoms with Crippen molar-refractivity contribution in [1.29, 1.82) is 0 Å². The third-order valence-corrected chi connectivity index (χ3v) is 3.73. The van der Waals surface area contributed by atoms with Gasteiger partial charge in [0.15, 0.2) is 5.82 Å². The van der Waals surface area contributed by atoms with Gasteiger partial charge in [-0.05, 0) is 42.9 Å². The van der Waals surface area contributed by atoms with Crippen molar-refractivity contribution in [2.24, 2.45) is 0 Å². The van der Waals surface area contributed by atoms with Crippen molar-refractivity contribution in [1.82, 2.24) is 4.98 Å². The molecule has 0 saturated heterocycles. The van der Waals surface area contributed by atoms with E-state index in [1.165, 1.54) is 24.8 Å². The van der Waals surface area contributed by atoms with E-state index in [9.17, 15) is 13.2 Å². The van der Waals surface area contributed by atoms with Crippen LogP contribution in [0.5, 0.6) is 0 Å². The highest BCUT2D eigenvalue weighted by Crippen LogP contribution is 2.15. The van der Waals surface area contributed by atoms with Gasteiger partial charge in [0.1, 0.15) is 0 Å². The summed E-state index contributed by atoms with van der Waals surface area (Å²) in [6, 6.07) is 9.05. The van der Waals surface area contributed by atoms with E-state index in [0.29, 0.717) is 12.8 Å². The average molecular weight is 307 g/mol. The molecule has 1 aromatic carbocycles. The highest BCUT2D eigenvalue weighted by atomic mass is 19.2. The topological polar surface area (TPSA) is 12.9 Å². The lowest BCUT2D eigenvalue weighted by Crippen LogP contribution is -2.02. The number of rotatable bonds is 7. The molecule has 0 radical (unpaired) electrons. The molecule has 22 heavy (non-hydrogen) atoms. The van der Waals surface area contributed by atoms with Crippen LogP contribution in [0.2, 0.25) is 0 Å². The van der Waals surface area contributed by atoms with Crippen molar-refractivity contribution in [3.63, 3.8) is 0 Å². The van der Waals surface area contributed by atoms with Crippen LogP contribution >= 0.6 is 0 Å². The Labute approximate surface area is 129 Å². The maximum Gasteiger partial charge on any atom is 0.251 e. The van der Waals surface area contributed by atoms with Gasteiger partial charge in [-0.1, -0.05) is 44.0 Å². The van der Waals surface area contributed by atoms with Gasteiger partial charge >= 0.3 is 0 Å². The van der Waals surface area contributed by atoms with E-state index < -0.39 is 17.7 Å². The Hall–Kier alpha value is -1.84. The molecule has 0 N–H and O–H groups in total. The van der Waals surface area contributed by atoms with Crippen LogP contribution in [0.25, 0.3) is 0 Å². The maximum atomic E-state index is 13.5. The predicted octanol–water partition coefficient (Wildman–Crippen LogP) is 5.02. The molecule has 0 bridgehead atoms. The first-order valence-electron chi connectivity index (χ1n) is 7.68. The van der Waals surface area contributed by atoms with Gasteiger partial charge in [-0.25, -0.2) is 4.39 Å². The molecule has 0 spiro atoms. The lowest BCUT2D eigenvalue weighted by molar-refractivity contribution is 0.441. The molecule has 0 fully saturated rings. The van der Waals surface area contributed by atoms with Crippen LogP contribution in [0.4, 0.5) is 13.2 Å². The molecule has 0 saturated carbocycles. The maximum absolute atomic E-state index is 13.5. The van der Waals surface area contributed by atoms with Crippen molar-refractivity contribution >= 4 is 0 Å². The zero-order chi connectivity index (χ0) is 15.9. The van der Waals surface area contributed by atoms with Crippen molar-refractivity contribution in [2.45, 2.75) is 45.4 Å². The van der Waals surface area contributed by atoms with Crippen LogP contribution in [-0.2, 0) is 19.3 Å². The van der Waals surface area contributed by atoms with Crippen LogP contribution in [0.15, 0.2) is 30.3 Å². The minimum atomic E-state index is -1.39. The largest absolute Gasteiger partial charge is 0.251 e. The summed E-state index contributed by atoms with van der Waals surface area (Å²) in [7, 11) is 0. The van der Waals surface area contributed by atoms with Crippen LogP contribution in [-0.4, -0.2) is 4.98 Å². The molecule has 1 aromatic heterocycles. The number of pyridine rings is 1. The molecular weight excluding hydrogens is 287 g/mol. The van der Waals surface area contributed by atoms with Gasteiger partial charge in [-0.3, -0.25) is 0 Å². The lowest BCUT2D eigenvalue weighted by atomic mass is 10.0. The molecule has 0 unspecified atom stereocenters. The molecule has 0 aliphatic carbocycles. The summed E-state index contributed by atoms with van der Waals surface area (Å²) >= 11 is 0. The number of aryl methyl sites for hydroxylation is 3. The van der Waals surface area contributed by atoms with Gasteiger partial charge in [0.05, 0.1) is 0 Å². The predicted molar refractivity (Wildman–Crippen MR) is 81.2 cm³/mol. The lowest BCUT2D eigenvalue weighted by Gasteiger charge is -2.06. The Morgan fingerprint density at radius 3 is 2.09 bits per heavy atom. The van der Waals surface area contributed by atoms with Crippen LogP contribution in [0, 0.1) is 17.7 Å². The van der Waals surface area contributed by atoms with Gasteiger partial charge in [-0.15, -0.1) is 0 Å². The summed E-state index contributed by atoms with van der Waals surface area (Å²) < 4.78 is 39.3. The molecule has 0 amide bonds. The Bertz CT molecular complexity index is 608. The van der Waals surface area contributed by atoms with Gasteiger partial charge in [-0.2, -0.15) is 13.8 Å². The fourth-order valence-electron chi connectivity index (χ4n) is 2.39. The van der Waals surface area contributed by atoms with Crippen molar-refractivity contribution in [2.75, 3.05) is 0 Å². The summed E-state index contributed by atoms with van der Waals surface area (Å²) in [6.07, 6.45) is 5.54. The summed E-state index contributed by atoms with van der Waals surface area (Å²) in [6.45, 7) is 2.18. The van der Waals surface area contributed by atoms with E-state index in [-0.39, 0.29) is 5.56 Å². The number of hydrogen-bond donors (Lipinski definition) is 0. The van der Waals surface area contributed by atoms with Crippen molar-refractivity contribution in [3.8, 4) is 0 Å². The number of unbranched alkanes of at least 4 members (excludes halogenated alkanes) is 2. The average Bonchev–Trinajstić information content (AvgIpc) is 2.51. The second-order valence-electron chi connectivity index (χ2n) is 5.48. The molecule has 0 aliphatic heterocycles. The van der Waals surface area contributed by atoms with E-state index in [1.54, 1.807) is 0 Å². The van der Waals surface area contributed by atoms with E-state index in [4.69, 9.17) is 0 Å². The molecular formula is C18H20F3N. The van der Waals surface area contributed by atoms with Gasteiger partial charge in [0, 0.05) is 5.56 Å². The Kier molecular flexibility index (Phi) is 5.99. The normalized spacial score (nSPS) is 10.9. The molecule has 4 heteroatoms. The molecule has 2 rings (SSSR count). The van der Waals surface area contributed by atoms with Crippen LogP contribution in [0.3, 0.4) is 0 Å². The van der Waals surface area contributed by atoms with Gasteiger partial charge in [0.2, 0.25) is 5.95 Å². The quantitative estimate of drug-likeness (QED) is 0.517. The first kappa shape index (κ1) is 16.5. The molecule has 0 aliphatic rings. The second-order valence-corrected chi connectivity index (χ2v) is 5.48. The Morgan fingerprint density at radius 1 is 0.818 bits per heavy atom. The zero-order valence-corrected chi connectivity index (χ0v) is 12.7. The first-order valence-corrected chi connectivity index (χ1v) is 7.68. The fourth-order valence-corrected chi connectivity index (χ4v) is 2.39. The first-order chi connectivity index (χ1) is 10.6. The fraction of sp³-hybridized carbons (Fsp3) is 0.389. The minimum absolute atomic E-state index is 0.103. The number of benzene rings is 1. The minimum Gasteiger partial charge on any atom is -0.202 e. The van der Waals surface area contributed by atoms with Crippen LogP contribution in [0.1, 0.15) is 42.9 Å². The third kappa shape index (κ3) is 4.58. The van der Waals surface area contributed by atoms with E-state index in [0.717, 1.165) is 18.1 Å². The standard InChI is InChI=1S/C18H20F3N/c1-2-3-4-5-13-6-8-14(9-7-13)10-11-15-12-16(19)18(21)22-17(15)20/h6-9,12H,2-5,10-11H2,1H3. The Morgan fingerprint density at radius 2 is 1.45 bits per heavy atom. The van der Waals surface area contributed by atoms with E-state index >= 15 is 0 Å². The van der Waals surface area contributed by atoms with E-state index in [2.05, 4.69) is 24.0 Å². The number of halogens is 3. The van der Waals surface area contributed by atoms with Gasteiger partial charge in [0.25, 0.3) is 5.95 Å². The third-order valence-electron chi connectivity index (χ3n) is 3.73. The van der Waals surface area contributed by atoms with Gasteiger partial charge < -0.3 is 0 Å². The SMILES string of the molecule is CCCCCc1ccc(CCc2cc(F)c(F)nc2F)cc1. The number of nitrogens with zero attached hydrogens (tertiary/aromatic N) is 1. The molecule has 1 nitrogen and oxygen atoms in total. The van der Waals surface area contributed by atoms with E-state index in [1.807, 2.05) is 12.1 Å². The summed E-state index contributed by atoms with van der Waals surface area (Å²) in [5, 5.41) is 0. The summed E-state index contributed by atoms with van der Waals surface area (Å²) in [5.74, 6) is -3.43. The second kappa shape index (κ2) is 7.97. The van der Waals surface area contributed by atoms with Crippen molar-refractivity contribution in [3.05, 3.63) is 64.7 Å². The highest BCUT2D eigenvalue weighted by Gasteiger charge is 2.11. The molecule has 118 valence electrons. The Balaban J connectivity index is 1.93. The van der Waals surface area contributed by atoms with Crippen LogP contribution < -0.4 is 0 Å². The highest BCUT2D eigenvalue weighted by molar-refractivity contribution is 5.24. The van der Waals surface area contributed by atoms with Crippen molar-refractivity contribution < 1.29 is 13.2 Å². The number of hydrogen-bond acceptors (Lipinski definition) is 1. The zero-order valence-electron chi connectivity index (χ0n) is 12.7. The molecule has 0 atom stereocenters. The monoisotopic (exact) mass is 307 g/mol. The molecule has 1 heterocycles. The number of aromatic nitrogens is 1. The molecule has 2 aromatic rings. The summed E-state index contributed by atoms with van der Waals surface area (Å²) in [5.41, 5.74) is 2.44. The smallest absolute Gasteiger partial charge is 0.202 e.